The quantitative estimate of drug-likeness (QED) is 0.823. The lowest BCUT2D eigenvalue weighted by atomic mass is 10.1. The number of halogens is 1. The van der Waals surface area contributed by atoms with E-state index in [1.54, 1.807) is 0 Å². The Kier molecular flexibility index (Phi) is 4.15. The second kappa shape index (κ2) is 5.63. The molecule has 0 unspecified atom stereocenters. The predicted molar refractivity (Wildman–Crippen MR) is 78.6 cm³/mol. The zero-order valence-corrected chi connectivity index (χ0v) is 12.0. The average Bonchev–Trinajstić information content (AvgIpc) is 2.35. The van der Waals surface area contributed by atoms with Crippen molar-refractivity contribution in [1.82, 2.24) is 9.97 Å². The van der Waals surface area contributed by atoms with Crippen LogP contribution in [-0.2, 0) is 6.42 Å². The SMILES string of the molecule is CCCc1nc(=S)c(C)c(-c2ccc(Cl)cc2)[nH]1. The van der Waals surface area contributed by atoms with Crippen LogP contribution in [0.25, 0.3) is 11.3 Å². The van der Waals surface area contributed by atoms with Gasteiger partial charge in [0.05, 0.1) is 5.69 Å². The molecule has 0 fully saturated rings. The summed E-state index contributed by atoms with van der Waals surface area (Å²) in [7, 11) is 0. The molecule has 1 aromatic heterocycles. The van der Waals surface area contributed by atoms with Gasteiger partial charge in [-0.2, -0.15) is 0 Å². The highest BCUT2D eigenvalue weighted by Crippen LogP contribution is 2.23. The van der Waals surface area contributed by atoms with Crippen LogP contribution in [-0.4, -0.2) is 9.97 Å². The van der Waals surface area contributed by atoms with Crippen molar-refractivity contribution >= 4 is 23.8 Å². The summed E-state index contributed by atoms with van der Waals surface area (Å²) in [6, 6.07) is 7.75. The number of aromatic amines is 1. The fourth-order valence-corrected chi connectivity index (χ4v) is 2.18. The molecule has 18 heavy (non-hydrogen) atoms. The van der Waals surface area contributed by atoms with E-state index in [1.807, 2.05) is 31.2 Å². The fraction of sp³-hybridized carbons (Fsp3) is 0.286. The van der Waals surface area contributed by atoms with Crippen molar-refractivity contribution in [2.24, 2.45) is 0 Å². The van der Waals surface area contributed by atoms with E-state index in [0.29, 0.717) is 4.64 Å². The summed E-state index contributed by atoms with van der Waals surface area (Å²) in [6.07, 6.45) is 1.95. The molecule has 1 heterocycles. The Morgan fingerprint density at radius 2 is 1.94 bits per heavy atom. The predicted octanol–water partition coefficient (Wildman–Crippen LogP) is 4.72. The van der Waals surface area contributed by atoms with Gasteiger partial charge in [-0.3, -0.25) is 0 Å². The maximum atomic E-state index is 5.91. The van der Waals surface area contributed by atoms with E-state index in [1.165, 1.54) is 0 Å². The van der Waals surface area contributed by atoms with Crippen LogP contribution >= 0.6 is 23.8 Å². The lowest BCUT2D eigenvalue weighted by Gasteiger charge is -2.09. The topological polar surface area (TPSA) is 28.7 Å². The lowest BCUT2D eigenvalue weighted by molar-refractivity contribution is 0.829. The van der Waals surface area contributed by atoms with Crippen LogP contribution in [0.2, 0.25) is 5.02 Å². The Morgan fingerprint density at radius 1 is 1.28 bits per heavy atom. The number of benzene rings is 1. The first-order valence-electron chi connectivity index (χ1n) is 5.97. The summed E-state index contributed by atoms with van der Waals surface area (Å²) < 4.78 is 0.669. The first-order valence-corrected chi connectivity index (χ1v) is 6.76. The number of hydrogen-bond donors (Lipinski definition) is 1. The van der Waals surface area contributed by atoms with Crippen LogP contribution in [0.5, 0.6) is 0 Å². The maximum absolute atomic E-state index is 5.91. The van der Waals surface area contributed by atoms with Crippen molar-refractivity contribution in [2.75, 3.05) is 0 Å². The third-order valence-corrected chi connectivity index (χ3v) is 3.47. The summed E-state index contributed by atoms with van der Waals surface area (Å²) in [5.74, 6) is 0.943. The van der Waals surface area contributed by atoms with E-state index in [4.69, 9.17) is 23.8 Å². The molecule has 0 spiro atoms. The van der Waals surface area contributed by atoms with Gasteiger partial charge < -0.3 is 4.98 Å². The van der Waals surface area contributed by atoms with Gasteiger partial charge in [0.15, 0.2) is 0 Å². The molecular weight excluding hydrogens is 264 g/mol. The number of rotatable bonds is 3. The third kappa shape index (κ3) is 2.79. The average molecular weight is 279 g/mol. The minimum atomic E-state index is 0.669. The smallest absolute Gasteiger partial charge is 0.133 e. The van der Waals surface area contributed by atoms with Crippen LogP contribution < -0.4 is 0 Å². The molecule has 0 aliphatic heterocycles. The molecule has 0 amide bonds. The summed E-state index contributed by atoms with van der Waals surface area (Å²) in [5.41, 5.74) is 3.13. The van der Waals surface area contributed by atoms with Gasteiger partial charge >= 0.3 is 0 Å². The standard InChI is InChI=1S/C14H15ClN2S/c1-3-4-12-16-13(9(2)14(18)17-12)10-5-7-11(15)8-6-10/h5-8H,3-4H2,1-2H3,(H,16,17,18). The normalized spacial score (nSPS) is 10.6. The zero-order valence-electron chi connectivity index (χ0n) is 10.5. The second-order valence-corrected chi connectivity index (χ2v) is 5.07. The van der Waals surface area contributed by atoms with Crippen molar-refractivity contribution in [1.29, 1.82) is 0 Å². The van der Waals surface area contributed by atoms with Gasteiger partial charge in [-0.25, -0.2) is 4.98 Å². The maximum Gasteiger partial charge on any atom is 0.133 e. The van der Waals surface area contributed by atoms with Crippen LogP contribution in [0.4, 0.5) is 0 Å². The largest absolute Gasteiger partial charge is 0.343 e. The Balaban J connectivity index is 2.55. The van der Waals surface area contributed by atoms with Crippen LogP contribution in [0.3, 0.4) is 0 Å². The van der Waals surface area contributed by atoms with Gasteiger partial charge in [0.1, 0.15) is 10.5 Å². The van der Waals surface area contributed by atoms with Crippen molar-refractivity contribution in [2.45, 2.75) is 26.7 Å². The molecule has 0 radical (unpaired) electrons. The molecule has 0 aliphatic rings. The molecule has 1 N–H and O–H groups in total. The Bertz CT molecular complexity index is 602. The number of H-pyrrole nitrogens is 1. The highest BCUT2D eigenvalue weighted by atomic mass is 35.5. The van der Waals surface area contributed by atoms with Gasteiger partial charge in [-0.05, 0) is 31.0 Å². The van der Waals surface area contributed by atoms with Crippen molar-refractivity contribution in [3.8, 4) is 11.3 Å². The highest BCUT2D eigenvalue weighted by Gasteiger charge is 2.07. The number of hydrogen-bond acceptors (Lipinski definition) is 2. The molecule has 0 bridgehead atoms. The minimum Gasteiger partial charge on any atom is -0.343 e. The van der Waals surface area contributed by atoms with Gasteiger partial charge in [0.25, 0.3) is 0 Å². The third-order valence-electron chi connectivity index (χ3n) is 2.82. The summed E-state index contributed by atoms with van der Waals surface area (Å²) in [5, 5.41) is 0.734. The monoisotopic (exact) mass is 278 g/mol. The van der Waals surface area contributed by atoms with Crippen LogP contribution in [0.15, 0.2) is 24.3 Å². The van der Waals surface area contributed by atoms with E-state index in [0.717, 1.165) is 40.5 Å². The molecule has 94 valence electrons. The van der Waals surface area contributed by atoms with Gasteiger partial charge in [-0.1, -0.05) is 42.9 Å². The summed E-state index contributed by atoms with van der Waals surface area (Å²) in [6.45, 7) is 4.12. The zero-order chi connectivity index (χ0) is 13.1. The molecule has 1 aromatic carbocycles. The summed E-state index contributed by atoms with van der Waals surface area (Å²) in [4.78, 5) is 7.77. The van der Waals surface area contributed by atoms with E-state index in [-0.39, 0.29) is 0 Å². The fourth-order valence-electron chi connectivity index (χ4n) is 1.84. The van der Waals surface area contributed by atoms with Gasteiger partial charge in [0.2, 0.25) is 0 Å². The van der Waals surface area contributed by atoms with Crippen molar-refractivity contribution < 1.29 is 0 Å². The molecule has 2 rings (SSSR count). The highest BCUT2D eigenvalue weighted by molar-refractivity contribution is 7.71. The van der Waals surface area contributed by atoms with Gasteiger partial charge in [-0.15, -0.1) is 0 Å². The first-order chi connectivity index (χ1) is 8.61. The second-order valence-electron chi connectivity index (χ2n) is 4.25. The molecule has 0 aliphatic carbocycles. The number of aryl methyl sites for hydroxylation is 1. The molecule has 2 aromatic rings. The minimum absolute atomic E-state index is 0.669. The van der Waals surface area contributed by atoms with Crippen LogP contribution in [0.1, 0.15) is 24.7 Å². The van der Waals surface area contributed by atoms with E-state index < -0.39 is 0 Å². The Labute approximate surface area is 117 Å². The molecule has 2 nitrogen and oxygen atoms in total. The van der Waals surface area contributed by atoms with E-state index in [2.05, 4.69) is 16.9 Å². The Hall–Kier alpha value is -1.19. The molecular formula is C14H15ClN2S. The van der Waals surface area contributed by atoms with E-state index >= 15 is 0 Å². The lowest BCUT2D eigenvalue weighted by Crippen LogP contribution is -2.00. The van der Waals surface area contributed by atoms with Crippen molar-refractivity contribution in [3.63, 3.8) is 0 Å². The Morgan fingerprint density at radius 3 is 2.56 bits per heavy atom. The van der Waals surface area contributed by atoms with Gasteiger partial charge in [0, 0.05) is 17.0 Å². The molecule has 0 saturated carbocycles. The number of nitrogens with one attached hydrogen (secondary N) is 1. The number of nitrogens with zero attached hydrogens (tertiary/aromatic N) is 1. The summed E-state index contributed by atoms with van der Waals surface area (Å²) >= 11 is 11.2. The molecule has 0 atom stereocenters. The van der Waals surface area contributed by atoms with E-state index in [9.17, 15) is 0 Å². The number of aromatic nitrogens is 2. The van der Waals surface area contributed by atoms with Crippen molar-refractivity contribution in [3.05, 3.63) is 45.3 Å². The molecule has 4 heteroatoms. The molecule has 0 saturated heterocycles. The first kappa shape index (κ1) is 13.2. The van der Waals surface area contributed by atoms with Crippen LogP contribution in [0, 0.1) is 11.6 Å².